The van der Waals surface area contributed by atoms with Crippen molar-refractivity contribution in [1.29, 1.82) is 0 Å². The van der Waals surface area contributed by atoms with Crippen LogP contribution in [-0.2, 0) is 0 Å². The van der Waals surface area contributed by atoms with Gasteiger partial charge in [-0.15, -0.1) is 0 Å². The molecule has 102 valence electrons. The first-order chi connectivity index (χ1) is 9.34. The largest absolute Gasteiger partial charge is 0.354 e. The van der Waals surface area contributed by atoms with Gasteiger partial charge in [-0.3, -0.25) is 4.90 Å². The van der Waals surface area contributed by atoms with Gasteiger partial charge in [0.05, 0.1) is 0 Å². The summed E-state index contributed by atoms with van der Waals surface area (Å²) in [5.41, 5.74) is 0. The minimum Gasteiger partial charge on any atom is -0.354 e. The molecule has 1 aliphatic heterocycles. The van der Waals surface area contributed by atoms with E-state index < -0.39 is 0 Å². The number of hydrogen-bond acceptors (Lipinski definition) is 3. The van der Waals surface area contributed by atoms with Crippen molar-refractivity contribution < 1.29 is 0 Å². The van der Waals surface area contributed by atoms with Crippen LogP contribution in [0, 0.1) is 5.92 Å². The van der Waals surface area contributed by atoms with E-state index in [0.29, 0.717) is 6.04 Å². The maximum Gasteiger partial charge on any atom is 0.128 e. The second-order valence-electron chi connectivity index (χ2n) is 5.73. The van der Waals surface area contributed by atoms with Gasteiger partial charge in [0.15, 0.2) is 0 Å². The summed E-state index contributed by atoms with van der Waals surface area (Å²) in [5, 5.41) is 0. The van der Waals surface area contributed by atoms with Crippen molar-refractivity contribution in [3.05, 3.63) is 36.5 Å². The summed E-state index contributed by atoms with van der Waals surface area (Å²) in [6.07, 6.45) is 10.4. The predicted molar refractivity (Wildman–Crippen MR) is 79.3 cm³/mol. The van der Waals surface area contributed by atoms with E-state index in [1.807, 2.05) is 12.3 Å². The van der Waals surface area contributed by atoms with Crippen LogP contribution in [0.15, 0.2) is 36.5 Å². The monoisotopic (exact) mass is 257 g/mol. The average molecular weight is 257 g/mol. The first-order valence-electron chi connectivity index (χ1n) is 7.36. The van der Waals surface area contributed by atoms with E-state index in [9.17, 15) is 0 Å². The molecule has 19 heavy (non-hydrogen) atoms. The number of rotatable bonds is 2. The number of allylic oxidation sites excluding steroid dienone is 2. The van der Waals surface area contributed by atoms with Gasteiger partial charge in [0, 0.05) is 31.9 Å². The summed E-state index contributed by atoms with van der Waals surface area (Å²) in [4.78, 5) is 9.49. The Hall–Kier alpha value is -1.35. The fourth-order valence-corrected chi connectivity index (χ4v) is 3.33. The number of likely N-dealkylation sites (N-methyl/N-ethyl adjacent to an activating group) is 1. The van der Waals surface area contributed by atoms with Crippen LogP contribution in [-0.4, -0.2) is 42.6 Å². The molecule has 3 rings (SSSR count). The topological polar surface area (TPSA) is 19.4 Å². The van der Waals surface area contributed by atoms with Crippen LogP contribution in [0.3, 0.4) is 0 Å². The number of hydrogen-bond donors (Lipinski definition) is 0. The van der Waals surface area contributed by atoms with E-state index in [-0.39, 0.29) is 0 Å². The van der Waals surface area contributed by atoms with Gasteiger partial charge in [0.25, 0.3) is 0 Å². The van der Waals surface area contributed by atoms with Gasteiger partial charge in [-0.25, -0.2) is 4.98 Å². The minimum absolute atomic E-state index is 0.667. The van der Waals surface area contributed by atoms with Crippen molar-refractivity contribution in [3.8, 4) is 0 Å². The minimum atomic E-state index is 0.667. The highest BCUT2D eigenvalue weighted by atomic mass is 15.3. The lowest BCUT2D eigenvalue weighted by molar-refractivity contribution is 0.149. The van der Waals surface area contributed by atoms with Crippen molar-refractivity contribution in [2.75, 3.05) is 31.6 Å². The van der Waals surface area contributed by atoms with Crippen molar-refractivity contribution in [1.82, 2.24) is 9.88 Å². The maximum absolute atomic E-state index is 4.50. The molecule has 0 bridgehead atoms. The van der Waals surface area contributed by atoms with Crippen LogP contribution in [0.1, 0.15) is 19.3 Å². The lowest BCUT2D eigenvalue weighted by atomic mass is 9.86. The molecule has 1 aromatic heterocycles. The molecule has 0 radical (unpaired) electrons. The van der Waals surface area contributed by atoms with E-state index >= 15 is 0 Å². The highest BCUT2D eigenvalue weighted by molar-refractivity contribution is 5.38. The van der Waals surface area contributed by atoms with E-state index in [2.05, 4.69) is 46.1 Å². The van der Waals surface area contributed by atoms with Crippen LogP contribution in [0.5, 0.6) is 0 Å². The zero-order valence-corrected chi connectivity index (χ0v) is 11.7. The second-order valence-corrected chi connectivity index (χ2v) is 5.73. The summed E-state index contributed by atoms with van der Waals surface area (Å²) in [5.74, 6) is 1.94. The highest BCUT2D eigenvalue weighted by Gasteiger charge is 2.31. The third-order valence-corrected chi connectivity index (χ3v) is 4.52. The number of piperazine rings is 1. The number of nitrogens with zero attached hydrogens (tertiary/aromatic N) is 3. The fraction of sp³-hybridized carbons (Fsp3) is 0.562. The molecular formula is C16H23N3. The Morgan fingerprint density at radius 1 is 1.21 bits per heavy atom. The number of aromatic nitrogens is 1. The summed E-state index contributed by atoms with van der Waals surface area (Å²) >= 11 is 0. The van der Waals surface area contributed by atoms with Crippen LogP contribution in [0.25, 0.3) is 0 Å². The second kappa shape index (κ2) is 5.74. The van der Waals surface area contributed by atoms with Crippen molar-refractivity contribution in [2.45, 2.75) is 25.3 Å². The Morgan fingerprint density at radius 2 is 2.16 bits per heavy atom. The smallest absolute Gasteiger partial charge is 0.128 e. The summed E-state index contributed by atoms with van der Waals surface area (Å²) in [6, 6.07) is 6.87. The Bertz CT molecular complexity index is 429. The van der Waals surface area contributed by atoms with Crippen molar-refractivity contribution in [2.24, 2.45) is 5.92 Å². The van der Waals surface area contributed by atoms with Crippen molar-refractivity contribution in [3.63, 3.8) is 0 Å². The standard InChI is InChI=1S/C16H23N3/c1-18-11-12-19(16-9-5-6-10-17-16)13-15(18)14-7-3-2-4-8-14/h2-3,5-6,9-10,14-15H,4,7-8,11-13H2,1H3. The molecule has 3 nitrogen and oxygen atoms in total. The Morgan fingerprint density at radius 3 is 2.89 bits per heavy atom. The molecule has 0 N–H and O–H groups in total. The highest BCUT2D eigenvalue weighted by Crippen LogP contribution is 2.28. The summed E-state index contributed by atoms with van der Waals surface area (Å²) in [6.45, 7) is 3.35. The third-order valence-electron chi connectivity index (χ3n) is 4.52. The molecule has 2 unspecified atom stereocenters. The molecule has 0 amide bonds. The zero-order valence-electron chi connectivity index (χ0n) is 11.7. The van der Waals surface area contributed by atoms with Gasteiger partial charge in [-0.1, -0.05) is 18.2 Å². The van der Waals surface area contributed by atoms with Gasteiger partial charge in [-0.2, -0.15) is 0 Å². The summed E-state index contributed by atoms with van der Waals surface area (Å²) < 4.78 is 0. The molecule has 1 aromatic rings. The molecule has 0 spiro atoms. The Labute approximate surface area is 115 Å². The van der Waals surface area contributed by atoms with E-state index in [1.54, 1.807) is 0 Å². The lowest BCUT2D eigenvalue weighted by Crippen LogP contribution is -2.54. The van der Waals surface area contributed by atoms with Gasteiger partial charge in [0.1, 0.15) is 5.82 Å². The molecule has 2 aliphatic rings. The average Bonchev–Trinajstić information content (AvgIpc) is 2.49. The molecule has 0 aromatic carbocycles. The molecular weight excluding hydrogens is 234 g/mol. The molecule has 2 atom stereocenters. The Kier molecular flexibility index (Phi) is 3.83. The quantitative estimate of drug-likeness (QED) is 0.759. The van der Waals surface area contributed by atoms with Crippen LogP contribution in [0.2, 0.25) is 0 Å². The Balaban J connectivity index is 1.72. The van der Waals surface area contributed by atoms with Crippen LogP contribution < -0.4 is 4.90 Å². The van der Waals surface area contributed by atoms with E-state index in [1.165, 1.54) is 19.3 Å². The summed E-state index contributed by atoms with van der Waals surface area (Å²) in [7, 11) is 2.28. The number of anilines is 1. The van der Waals surface area contributed by atoms with Gasteiger partial charge < -0.3 is 4.90 Å². The molecule has 1 saturated heterocycles. The van der Waals surface area contributed by atoms with Crippen molar-refractivity contribution >= 4 is 5.82 Å². The van der Waals surface area contributed by atoms with Crippen LogP contribution in [0.4, 0.5) is 5.82 Å². The molecule has 1 fully saturated rings. The molecule has 1 aliphatic carbocycles. The predicted octanol–water partition coefficient (Wildman–Crippen LogP) is 2.56. The lowest BCUT2D eigenvalue weighted by Gasteiger charge is -2.44. The molecule has 3 heteroatoms. The SMILES string of the molecule is CN1CCN(c2ccccn2)CC1C1CC=CCC1. The van der Waals surface area contributed by atoms with Gasteiger partial charge >= 0.3 is 0 Å². The van der Waals surface area contributed by atoms with Crippen LogP contribution >= 0.6 is 0 Å². The van der Waals surface area contributed by atoms with Gasteiger partial charge in [0.2, 0.25) is 0 Å². The fourth-order valence-electron chi connectivity index (χ4n) is 3.33. The molecule has 2 heterocycles. The maximum atomic E-state index is 4.50. The molecule has 0 saturated carbocycles. The third kappa shape index (κ3) is 2.81. The zero-order chi connectivity index (χ0) is 13.1. The van der Waals surface area contributed by atoms with Gasteiger partial charge in [-0.05, 0) is 44.4 Å². The van der Waals surface area contributed by atoms with E-state index in [4.69, 9.17) is 0 Å². The van der Waals surface area contributed by atoms with E-state index in [0.717, 1.165) is 31.4 Å². The first-order valence-corrected chi connectivity index (χ1v) is 7.36. The normalized spacial score (nSPS) is 28.6. The first kappa shape index (κ1) is 12.7. The number of pyridine rings is 1.